The summed E-state index contributed by atoms with van der Waals surface area (Å²) in [6, 6.07) is 16.9. The largest absolute Gasteiger partial charge is 0.488 e. The molecule has 0 radical (unpaired) electrons. The van der Waals surface area contributed by atoms with Gasteiger partial charge in [-0.2, -0.15) is 10.2 Å². The van der Waals surface area contributed by atoms with Gasteiger partial charge in [0.1, 0.15) is 23.7 Å². The van der Waals surface area contributed by atoms with Gasteiger partial charge in [0, 0.05) is 56.9 Å². The normalized spacial score (nSPS) is 19.8. The van der Waals surface area contributed by atoms with Crippen LogP contribution < -0.4 is 10.1 Å². The second kappa shape index (κ2) is 15.0. The van der Waals surface area contributed by atoms with E-state index < -0.39 is 23.9 Å². The van der Waals surface area contributed by atoms with Gasteiger partial charge in [-0.05, 0) is 47.5 Å². The number of nitrogens with zero attached hydrogens (tertiary/aromatic N) is 7. The zero-order chi connectivity index (χ0) is 36.5. The quantitative estimate of drug-likeness (QED) is 0.296. The predicted octanol–water partition coefficient (Wildman–Crippen LogP) is 3.63. The third kappa shape index (κ3) is 7.48. The fourth-order valence-corrected chi connectivity index (χ4v) is 7.47. The van der Waals surface area contributed by atoms with Gasteiger partial charge in [-0.25, -0.2) is 9.07 Å². The second-order valence-corrected chi connectivity index (χ2v) is 13.8. The van der Waals surface area contributed by atoms with Crippen LogP contribution in [0.5, 0.6) is 5.75 Å². The van der Waals surface area contributed by atoms with Crippen LogP contribution in [0.2, 0.25) is 5.02 Å². The van der Waals surface area contributed by atoms with Crippen LogP contribution in [0.15, 0.2) is 79.3 Å². The van der Waals surface area contributed by atoms with Gasteiger partial charge < -0.3 is 24.6 Å². The number of carbonyl (C=O) groups excluding carboxylic acids is 3. The molecule has 15 heteroatoms. The van der Waals surface area contributed by atoms with E-state index in [9.17, 15) is 18.8 Å². The maximum absolute atomic E-state index is 14.1. The monoisotopic (exact) mass is 740 g/mol. The first-order valence-electron chi connectivity index (χ1n) is 17.7. The molecule has 3 amide bonds. The number of morpholine rings is 1. The molecule has 0 unspecified atom stereocenters. The first kappa shape index (κ1) is 34.8. The first-order valence-corrected chi connectivity index (χ1v) is 18.1. The van der Waals surface area contributed by atoms with Crippen LogP contribution in [0.4, 0.5) is 4.39 Å². The van der Waals surface area contributed by atoms with Crippen LogP contribution in [0.25, 0.3) is 27.7 Å². The van der Waals surface area contributed by atoms with E-state index in [1.807, 2.05) is 57.1 Å². The molecule has 0 saturated carbocycles. The van der Waals surface area contributed by atoms with Gasteiger partial charge in [0.05, 0.1) is 60.8 Å². The summed E-state index contributed by atoms with van der Waals surface area (Å²) in [5.41, 5.74) is 3.45. The fraction of sp³-hybridized carbons (Fsp3) is 0.342. The lowest BCUT2D eigenvalue weighted by Crippen LogP contribution is -2.49. The molecule has 5 heterocycles. The van der Waals surface area contributed by atoms with Crippen LogP contribution in [0.1, 0.15) is 16.8 Å². The molecule has 3 aliphatic rings. The number of amides is 3. The van der Waals surface area contributed by atoms with Gasteiger partial charge in [-0.15, -0.1) is 0 Å². The van der Waals surface area contributed by atoms with Gasteiger partial charge in [0.2, 0.25) is 11.8 Å². The Morgan fingerprint density at radius 3 is 2.68 bits per heavy atom. The molecule has 2 saturated heterocycles. The molecule has 3 aliphatic heterocycles. The molecule has 5 aromatic rings. The van der Waals surface area contributed by atoms with E-state index in [1.54, 1.807) is 0 Å². The minimum Gasteiger partial charge on any atom is -0.488 e. The second-order valence-electron chi connectivity index (χ2n) is 13.4. The van der Waals surface area contributed by atoms with Crippen molar-refractivity contribution in [3.63, 3.8) is 0 Å². The summed E-state index contributed by atoms with van der Waals surface area (Å²) >= 11 is 6.27. The van der Waals surface area contributed by atoms with E-state index in [-0.39, 0.29) is 48.5 Å². The summed E-state index contributed by atoms with van der Waals surface area (Å²) in [5.74, 6) is -0.593. The molecule has 53 heavy (non-hydrogen) atoms. The average Bonchev–Trinajstić information content (AvgIpc) is 3.92. The standard InChI is InChI=1S/C38H38ClFN8O5/c39-32-18-27(40)7-8-34(32)48-21-26(20-42-48)38(51)47-22-29-19-35(47)37(50)41-9-10-44(24-36(49)45-13-15-52-16-14-45)11-12-46-23-31-30(5-2-6-33(31)43-46)25-3-1-4-28(17-25)53-29/h1-8,17-18,20-21,23,29,35H,9-16,19,22,24H2,(H,41,50)/t29-,35-/m0/s1. The Labute approximate surface area is 309 Å². The fourth-order valence-electron chi connectivity index (χ4n) is 7.21. The summed E-state index contributed by atoms with van der Waals surface area (Å²) in [6.07, 6.45) is 4.73. The van der Waals surface area contributed by atoms with Crippen LogP contribution in [0, 0.1) is 5.82 Å². The molecule has 0 spiro atoms. The molecule has 2 aromatic heterocycles. The Morgan fingerprint density at radius 1 is 0.981 bits per heavy atom. The Hall–Kier alpha value is -5.31. The number of aromatic nitrogens is 4. The topological polar surface area (TPSA) is 127 Å². The molecule has 0 aliphatic carbocycles. The molecule has 13 nitrogen and oxygen atoms in total. The molecular formula is C38H38ClFN8O5. The number of likely N-dealkylation sites (tertiary alicyclic amines) is 1. The molecule has 2 fully saturated rings. The Balaban J connectivity index is 1.09. The number of halogens is 2. The smallest absolute Gasteiger partial charge is 0.257 e. The lowest BCUT2D eigenvalue weighted by Gasteiger charge is -2.30. The van der Waals surface area contributed by atoms with Crippen molar-refractivity contribution in [2.24, 2.45) is 0 Å². The first-order chi connectivity index (χ1) is 25.8. The summed E-state index contributed by atoms with van der Waals surface area (Å²) in [6.45, 7) is 4.17. The predicted molar refractivity (Wildman–Crippen MR) is 194 cm³/mol. The number of nitrogens with one attached hydrogen (secondary N) is 1. The summed E-state index contributed by atoms with van der Waals surface area (Å²) < 4.78 is 28.9. The Kier molecular flexibility index (Phi) is 9.82. The lowest BCUT2D eigenvalue weighted by molar-refractivity contribution is -0.136. The molecule has 3 aromatic carbocycles. The molecule has 1 N–H and O–H groups in total. The van der Waals surface area contributed by atoms with Crippen LogP contribution in [-0.2, 0) is 20.9 Å². The van der Waals surface area contributed by atoms with Crippen LogP contribution in [-0.4, -0.2) is 123 Å². The van der Waals surface area contributed by atoms with E-state index >= 15 is 0 Å². The number of fused-ring (bicyclic) bond motifs is 6. The van der Waals surface area contributed by atoms with Gasteiger partial charge in [0.25, 0.3) is 5.91 Å². The Morgan fingerprint density at radius 2 is 1.83 bits per heavy atom. The minimum absolute atomic E-state index is 0.00425. The minimum atomic E-state index is -0.829. The van der Waals surface area contributed by atoms with Crippen molar-refractivity contribution in [2.45, 2.75) is 25.1 Å². The molecule has 8 rings (SSSR count). The van der Waals surface area contributed by atoms with Crippen molar-refractivity contribution in [1.82, 2.24) is 39.6 Å². The number of ether oxygens (including phenoxy) is 2. The van der Waals surface area contributed by atoms with Crippen molar-refractivity contribution in [1.29, 1.82) is 0 Å². The van der Waals surface area contributed by atoms with Gasteiger partial charge in [-0.1, -0.05) is 35.9 Å². The highest BCUT2D eigenvalue weighted by Crippen LogP contribution is 2.32. The zero-order valence-electron chi connectivity index (χ0n) is 28.9. The third-order valence-electron chi connectivity index (χ3n) is 9.95. The Bertz CT molecular complexity index is 2170. The number of hydrogen-bond donors (Lipinski definition) is 1. The van der Waals surface area contributed by atoms with Crippen LogP contribution in [0.3, 0.4) is 0 Å². The van der Waals surface area contributed by atoms with Crippen molar-refractivity contribution >= 4 is 40.2 Å². The SMILES string of the molecule is O=C1NCCN(CC(=O)N2CCOCC2)CCn2cc3c(cccc3n2)-c2cccc(c2)O[C@H]2C[C@@H]1N(C(=O)c1cnn(-c3ccc(F)cc3Cl)c1)C2. The highest BCUT2D eigenvalue weighted by atomic mass is 35.5. The van der Waals surface area contributed by atoms with Gasteiger partial charge >= 0.3 is 0 Å². The number of hydrogen-bond acceptors (Lipinski definition) is 8. The molecular weight excluding hydrogens is 703 g/mol. The molecule has 274 valence electrons. The number of benzene rings is 3. The van der Waals surface area contributed by atoms with Crippen LogP contribution >= 0.6 is 11.6 Å². The van der Waals surface area contributed by atoms with Gasteiger partial charge in [-0.3, -0.25) is 24.0 Å². The summed E-state index contributed by atoms with van der Waals surface area (Å²) in [5, 5.41) is 13.3. The van der Waals surface area contributed by atoms with Crippen molar-refractivity contribution < 1.29 is 28.2 Å². The number of carbonyl (C=O) groups is 3. The van der Waals surface area contributed by atoms with E-state index in [4.69, 9.17) is 26.2 Å². The highest BCUT2D eigenvalue weighted by molar-refractivity contribution is 6.32. The average molecular weight is 741 g/mol. The summed E-state index contributed by atoms with van der Waals surface area (Å²) in [4.78, 5) is 46.6. The zero-order valence-corrected chi connectivity index (χ0v) is 29.6. The van der Waals surface area contributed by atoms with Crippen molar-refractivity contribution in [3.8, 4) is 22.6 Å². The van der Waals surface area contributed by atoms with E-state index in [0.29, 0.717) is 57.4 Å². The maximum Gasteiger partial charge on any atom is 0.257 e. The molecule has 2 atom stereocenters. The van der Waals surface area contributed by atoms with Crippen molar-refractivity contribution in [3.05, 3.63) is 95.7 Å². The lowest BCUT2D eigenvalue weighted by atomic mass is 10.0. The highest BCUT2D eigenvalue weighted by Gasteiger charge is 2.41. The van der Waals surface area contributed by atoms with E-state index in [1.165, 1.54) is 40.2 Å². The molecule has 6 bridgehead atoms. The van der Waals surface area contributed by atoms with Gasteiger partial charge in [0.15, 0.2) is 0 Å². The van der Waals surface area contributed by atoms with Crippen molar-refractivity contribution in [2.75, 3.05) is 59.0 Å². The van der Waals surface area contributed by atoms with E-state index in [2.05, 4.69) is 16.5 Å². The maximum atomic E-state index is 14.1. The third-order valence-corrected chi connectivity index (χ3v) is 10.3. The summed E-state index contributed by atoms with van der Waals surface area (Å²) in [7, 11) is 0. The number of rotatable bonds is 4. The van der Waals surface area contributed by atoms with E-state index in [0.717, 1.165) is 22.0 Å².